The van der Waals surface area contributed by atoms with Gasteiger partial charge in [-0.25, -0.2) is 0 Å². The molecular formula is C8H14N2O2. The minimum Gasteiger partial charge on any atom is -0.366 e. The van der Waals surface area contributed by atoms with Gasteiger partial charge in [-0.1, -0.05) is 13.3 Å². The van der Waals surface area contributed by atoms with E-state index >= 15 is 0 Å². The summed E-state index contributed by atoms with van der Waals surface area (Å²) in [6, 6.07) is 0. The van der Waals surface area contributed by atoms with E-state index in [-0.39, 0.29) is 0 Å². The number of unbranched alkanes of at least 4 members (excludes halogenated alkanes) is 1. The van der Waals surface area contributed by atoms with E-state index in [9.17, 15) is 9.59 Å². The van der Waals surface area contributed by atoms with E-state index in [2.05, 4.69) is 0 Å². The average molecular weight is 170 g/mol. The molecular weight excluding hydrogens is 156 g/mol. The van der Waals surface area contributed by atoms with Crippen LogP contribution in [0.25, 0.3) is 0 Å². The summed E-state index contributed by atoms with van der Waals surface area (Å²) in [6.45, 7) is 1.99. The summed E-state index contributed by atoms with van der Waals surface area (Å²) in [5.74, 6) is -1.19. The number of carbonyl (C=O) groups excluding carboxylic acids is 2. The Morgan fingerprint density at radius 1 is 1.33 bits per heavy atom. The molecule has 0 radical (unpaired) electrons. The number of amides is 2. The fourth-order valence-corrected chi connectivity index (χ4v) is 0.805. The second-order valence-electron chi connectivity index (χ2n) is 2.54. The van der Waals surface area contributed by atoms with Crippen molar-refractivity contribution in [3.05, 3.63) is 11.6 Å². The van der Waals surface area contributed by atoms with Gasteiger partial charge in [0.25, 0.3) is 0 Å². The van der Waals surface area contributed by atoms with Gasteiger partial charge < -0.3 is 11.5 Å². The number of nitrogens with two attached hydrogens (primary N) is 2. The van der Waals surface area contributed by atoms with E-state index in [1.807, 2.05) is 6.92 Å². The third kappa shape index (κ3) is 4.49. The zero-order chi connectivity index (χ0) is 9.56. The second kappa shape index (κ2) is 5.35. The molecule has 0 aliphatic carbocycles. The molecule has 2 amide bonds. The Hall–Kier alpha value is -1.32. The summed E-state index contributed by atoms with van der Waals surface area (Å²) < 4.78 is 0. The Labute approximate surface area is 71.6 Å². The molecule has 0 saturated carbocycles. The van der Waals surface area contributed by atoms with Gasteiger partial charge in [0.2, 0.25) is 11.8 Å². The third-order valence-electron chi connectivity index (χ3n) is 1.43. The third-order valence-corrected chi connectivity index (χ3v) is 1.43. The van der Waals surface area contributed by atoms with Crippen molar-refractivity contribution in [3.63, 3.8) is 0 Å². The van der Waals surface area contributed by atoms with Crippen LogP contribution in [0.1, 0.15) is 26.2 Å². The van der Waals surface area contributed by atoms with Crippen LogP contribution in [0.3, 0.4) is 0 Å². The molecule has 0 spiro atoms. The summed E-state index contributed by atoms with van der Waals surface area (Å²) in [4.78, 5) is 21.1. The first-order valence-electron chi connectivity index (χ1n) is 3.87. The molecule has 0 fully saturated rings. The van der Waals surface area contributed by atoms with Gasteiger partial charge >= 0.3 is 0 Å². The van der Waals surface area contributed by atoms with Crippen LogP contribution in [0.2, 0.25) is 0 Å². The van der Waals surface area contributed by atoms with Crippen molar-refractivity contribution in [1.82, 2.24) is 0 Å². The lowest BCUT2D eigenvalue weighted by molar-refractivity contribution is -0.116. The van der Waals surface area contributed by atoms with Gasteiger partial charge in [-0.05, 0) is 12.8 Å². The monoisotopic (exact) mass is 170 g/mol. The Bertz CT molecular complexity index is 209. The quantitative estimate of drug-likeness (QED) is 0.572. The van der Waals surface area contributed by atoms with E-state index in [1.165, 1.54) is 0 Å². The Balaban J connectivity index is 4.23. The summed E-state index contributed by atoms with van der Waals surface area (Å²) in [5.41, 5.74) is 10.2. The highest BCUT2D eigenvalue weighted by molar-refractivity contribution is 5.99. The molecule has 0 aliphatic heterocycles. The molecule has 0 rings (SSSR count). The lowest BCUT2D eigenvalue weighted by Gasteiger charge is -1.99. The molecule has 0 atom stereocenters. The van der Waals surface area contributed by atoms with Crippen LogP contribution in [0.4, 0.5) is 0 Å². The largest absolute Gasteiger partial charge is 0.366 e. The van der Waals surface area contributed by atoms with Gasteiger partial charge in [0.1, 0.15) is 0 Å². The van der Waals surface area contributed by atoms with Crippen molar-refractivity contribution < 1.29 is 9.59 Å². The van der Waals surface area contributed by atoms with Gasteiger partial charge in [0.05, 0.1) is 0 Å². The molecule has 0 bridgehead atoms. The number of hydrogen-bond donors (Lipinski definition) is 2. The topological polar surface area (TPSA) is 86.2 Å². The van der Waals surface area contributed by atoms with Gasteiger partial charge in [-0.15, -0.1) is 0 Å². The number of carbonyl (C=O) groups is 2. The second-order valence-corrected chi connectivity index (χ2v) is 2.54. The van der Waals surface area contributed by atoms with Crippen molar-refractivity contribution in [2.45, 2.75) is 26.2 Å². The highest BCUT2D eigenvalue weighted by Gasteiger charge is 2.04. The molecule has 0 aromatic heterocycles. The van der Waals surface area contributed by atoms with E-state index in [4.69, 9.17) is 11.5 Å². The molecule has 0 heterocycles. The molecule has 4 nitrogen and oxygen atoms in total. The first-order chi connectivity index (χ1) is 5.57. The maximum Gasteiger partial charge on any atom is 0.244 e. The number of primary amides is 2. The van der Waals surface area contributed by atoms with Crippen LogP contribution in [0.15, 0.2) is 11.6 Å². The van der Waals surface area contributed by atoms with Crippen molar-refractivity contribution in [2.24, 2.45) is 11.5 Å². The summed E-state index contributed by atoms with van der Waals surface area (Å²) in [7, 11) is 0. The van der Waals surface area contributed by atoms with Gasteiger partial charge in [-0.2, -0.15) is 0 Å². The molecule has 0 unspecified atom stereocenters. The van der Waals surface area contributed by atoms with E-state index in [0.717, 1.165) is 18.9 Å². The van der Waals surface area contributed by atoms with Gasteiger partial charge in [0.15, 0.2) is 0 Å². The zero-order valence-electron chi connectivity index (χ0n) is 7.17. The van der Waals surface area contributed by atoms with Crippen molar-refractivity contribution in [3.8, 4) is 0 Å². The minimum atomic E-state index is -0.625. The van der Waals surface area contributed by atoms with E-state index in [0.29, 0.717) is 12.0 Å². The normalized spacial score (nSPS) is 11.2. The standard InChI is InChI=1S/C8H14N2O2/c1-2-3-4-6(8(10)12)5-7(9)11/h5H,2-4H2,1H3,(H2,9,11)(H2,10,12)/b6-5+. The summed E-state index contributed by atoms with van der Waals surface area (Å²) in [6.07, 6.45) is 3.40. The van der Waals surface area contributed by atoms with Crippen LogP contribution in [0.5, 0.6) is 0 Å². The summed E-state index contributed by atoms with van der Waals surface area (Å²) in [5, 5.41) is 0. The maximum absolute atomic E-state index is 10.7. The van der Waals surface area contributed by atoms with Gasteiger partial charge in [0, 0.05) is 11.6 Å². The highest BCUT2D eigenvalue weighted by atomic mass is 16.1. The van der Waals surface area contributed by atoms with Crippen LogP contribution in [-0.4, -0.2) is 11.8 Å². The predicted molar refractivity (Wildman–Crippen MR) is 46.0 cm³/mol. The van der Waals surface area contributed by atoms with Crippen LogP contribution in [0, 0.1) is 0 Å². The smallest absolute Gasteiger partial charge is 0.244 e. The lowest BCUT2D eigenvalue weighted by atomic mass is 10.1. The number of hydrogen-bond acceptors (Lipinski definition) is 2. The molecule has 0 aromatic carbocycles. The summed E-state index contributed by atoms with van der Waals surface area (Å²) >= 11 is 0. The van der Waals surface area contributed by atoms with Crippen LogP contribution < -0.4 is 11.5 Å². The molecule has 4 N–H and O–H groups in total. The first-order valence-corrected chi connectivity index (χ1v) is 3.87. The molecule has 68 valence electrons. The lowest BCUT2D eigenvalue weighted by Crippen LogP contribution is -2.17. The fraction of sp³-hybridized carbons (Fsp3) is 0.500. The predicted octanol–water partition coefficient (Wildman–Crippen LogP) is 0.0736. The minimum absolute atomic E-state index is 0.310. The zero-order valence-corrected chi connectivity index (χ0v) is 7.17. The SMILES string of the molecule is CCCC/C(=C\C(N)=O)C(N)=O. The molecule has 0 aromatic rings. The first kappa shape index (κ1) is 10.7. The van der Waals surface area contributed by atoms with E-state index in [1.54, 1.807) is 0 Å². The fourth-order valence-electron chi connectivity index (χ4n) is 0.805. The molecule has 0 saturated heterocycles. The number of rotatable bonds is 5. The van der Waals surface area contributed by atoms with Crippen LogP contribution >= 0.6 is 0 Å². The Morgan fingerprint density at radius 2 is 1.92 bits per heavy atom. The van der Waals surface area contributed by atoms with Gasteiger partial charge in [-0.3, -0.25) is 9.59 Å². The van der Waals surface area contributed by atoms with E-state index < -0.39 is 11.8 Å². The van der Waals surface area contributed by atoms with Crippen molar-refractivity contribution in [2.75, 3.05) is 0 Å². The molecule has 12 heavy (non-hydrogen) atoms. The Morgan fingerprint density at radius 3 is 2.25 bits per heavy atom. The highest BCUT2D eigenvalue weighted by Crippen LogP contribution is 2.05. The van der Waals surface area contributed by atoms with Crippen molar-refractivity contribution >= 4 is 11.8 Å². The Kier molecular flexibility index (Phi) is 4.76. The van der Waals surface area contributed by atoms with Crippen LogP contribution in [-0.2, 0) is 9.59 Å². The average Bonchev–Trinajstić information content (AvgIpc) is 1.96. The maximum atomic E-state index is 10.7. The molecule has 0 aliphatic rings. The van der Waals surface area contributed by atoms with Crippen molar-refractivity contribution in [1.29, 1.82) is 0 Å². The molecule has 4 heteroatoms.